The van der Waals surface area contributed by atoms with Crippen LogP contribution in [0, 0.1) is 0 Å². The summed E-state index contributed by atoms with van der Waals surface area (Å²) in [6.07, 6.45) is 0. The van der Waals surface area contributed by atoms with Gasteiger partial charge in [0.25, 0.3) is 5.91 Å². The Bertz CT molecular complexity index is 662. The van der Waals surface area contributed by atoms with Crippen LogP contribution in [0.2, 0.25) is 0 Å². The Hall–Kier alpha value is -1.95. The van der Waals surface area contributed by atoms with E-state index in [0.29, 0.717) is 17.9 Å². The first kappa shape index (κ1) is 24.1. The maximum absolute atomic E-state index is 12.2. The number of anilines is 2. The molecular weight excluding hydrogens is 373 g/mol. The zero-order chi connectivity index (χ0) is 17.4. The van der Waals surface area contributed by atoms with Crippen LogP contribution in [-0.4, -0.2) is 37.0 Å². The summed E-state index contributed by atoms with van der Waals surface area (Å²) in [7, 11) is 0. The Morgan fingerprint density at radius 1 is 1.08 bits per heavy atom. The van der Waals surface area contributed by atoms with E-state index in [9.17, 15) is 4.79 Å². The van der Waals surface area contributed by atoms with Gasteiger partial charge in [0.05, 0.1) is 0 Å². The molecule has 0 spiro atoms. The van der Waals surface area contributed by atoms with Crippen molar-refractivity contribution in [3.8, 4) is 5.75 Å². The van der Waals surface area contributed by atoms with Gasteiger partial charge in [-0.15, -0.1) is 24.8 Å². The monoisotopic (exact) mass is 399 g/mol. The molecule has 0 unspecified atom stereocenters. The molecule has 144 valence electrons. The molecule has 0 aliphatic heterocycles. The van der Waals surface area contributed by atoms with E-state index in [2.05, 4.69) is 24.1 Å². The van der Waals surface area contributed by atoms with E-state index < -0.39 is 0 Å². The number of nitrogens with one attached hydrogen (secondary N) is 1. The molecular formula is C19H27Cl2N3O2. The van der Waals surface area contributed by atoms with Crippen molar-refractivity contribution < 1.29 is 9.53 Å². The third kappa shape index (κ3) is 7.52. The lowest BCUT2D eigenvalue weighted by molar-refractivity contribution is 0.102. The third-order valence-corrected chi connectivity index (χ3v) is 3.83. The molecule has 2 rings (SSSR count). The molecule has 0 aromatic heterocycles. The Labute approximate surface area is 167 Å². The van der Waals surface area contributed by atoms with Gasteiger partial charge < -0.3 is 20.7 Å². The molecule has 0 atom stereocenters. The number of rotatable bonds is 8. The average molecular weight is 400 g/mol. The first-order valence-electron chi connectivity index (χ1n) is 8.24. The standard InChI is InChI=1S/C19H25N3O2.2ClH/c1-3-22(4-2)12-13-24-18-10-8-17(9-11-18)21-19(23)15-6-5-7-16(20)14-15;;/h5-11,14H,3-4,12-13,20H2,1-2H3,(H,21,23);2*1H. The molecule has 0 saturated heterocycles. The second kappa shape index (κ2) is 12.4. The van der Waals surface area contributed by atoms with E-state index >= 15 is 0 Å². The van der Waals surface area contributed by atoms with Gasteiger partial charge >= 0.3 is 0 Å². The highest BCUT2D eigenvalue weighted by molar-refractivity contribution is 6.04. The summed E-state index contributed by atoms with van der Waals surface area (Å²) in [5.41, 5.74) is 7.52. The van der Waals surface area contributed by atoms with Crippen molar-refractivity contribution in [2.24, 2.45) is 0 Å². The molecule has 5 nitrogen and oxygen atoms in total. The second-order valence-corrected chi connectivity index (χ2v) is 5.48. The van der Waals surface area contributed by atoms with Crippen molar-refractivity contribution in [2.75, 3.05) is 37.3 Å². The second-order valence-electron chi connectivity index (χ2n) is 5.48. The van der Waals surface area contributed by atoms with Crippen molar-refractivity contribution in [1.82, 2.24) is 4.90 Å². The molecule has 0 aliphatic carbocycles. The van der Waals surface area contributed by atoms with Gasteiger partial charge in [0.1, 0.15) is 12.4 Å². The number of hydrogen-bond acceptors (Lipinski definition) is 4. The van der Waals surface area contributed by atoms with Crippen LogP contribution in [0.1, 0.15) is 24.2 Å². The number of amides is 1. The maximum Gasteiger partial charge on any atom is 0.255 e. The quantitative estimate of drug-likeness (QED) is 0.655. The van der Waals surface area contributed by atoms with Crippen LogP contribution in [0.3, 0.4) is 0 Å². The molecule has 2 aromatic rings. The Kier molecular flexibility index (Phi) is 11.5. The van der Waals surface area contributed by atoms with Crippen molar-refractivity contribution >= 4 is 42.1 Å². The van der Waals surface area contributed by atoms with Crippen LogP contribution < -0.4 is 15.8 Å². The summed E-state index contributed by atoms with van der Waals surface area (Å²) in [4.78, 5) is 14.5. The molecule has 0 saturated carbocycles. The minimum atomic E-state index is -0.183. The van der Waals surface area contributed by atoms with Gasteiger partial charge in [0, 0.05) is 23.5 Å². The summed E-state index contributed by atoms with van der Waals surface area (Å²) >= 11 is 0. The third-order valence-electron chi connectivity index (χ3n) is 3.83. The number of carbonyl (C=O) groups is 1. The lowest BCUT2D eigenvalue weighted by Gasteiger charge is -2.18. The van der Waals surface area contributed by atoms with Crippen LogP contribution in [0.15, 0.2) is 48.5 Å². The number of hydrogen-bond donors (Lipinski definition) is 2. The van der Waals surface area contributed by atoms with Gasteiger partial charge in [-0.3, -0.25) is 4.79 Å². The average Bonchev–Trinajstić information content (AvgIpc) is 2.60. The number of ether oxygens (including phenoxy) is 1. The summed E-state index contributed by atoms with van der Waals surface area (Å²) in [6, 6.07) is 14.3. The van der Waals surface area contributed by atoms with Crippen LogP contribution in [-0.2, 0) is 0 Å². The maximum atomic E-state index is 12.2. The highest BCUT2D eigenvalue weighted by Gasteiger charge is 2.06. The van der Waals surface area contributed by atoms with Gasteiger partial charge in [-0.05, 0) is 55.6 Å². The summed E-state index contributed by atoms with van der Waals surface area (Å²) < 4.78 is 5.73. The fraction of sp³-hybridized carbons (Fsp3) is 0.316. The first-order chi connectivity index (χ1) is 11.6. The summed E-state index contributed by atoms with van der Waals surface area (Å²) in [5, 5.41) is 2.85. The smallest absolute Gasteiger partial charge is 0.255 e. The van der Waals surface area contributed by atoms with E-state index in [1.807, 2.05) is 24.3 Å². The number of halogens is 2. The highest BCUT2D eigenvalue weighted by atomic mass is 35.5. The zero-order valence-corrected chi connectivity index (χ0v) is 16.7. The number of nitrogens with zero attached hydrogens (tertiary/aromatic N) is 1. The van der Waals surface area contributed by atoms with Crippen molar-refractivity contribution in [3.63, 3.8) is 0 Å². The van der Waals surface area contributed by atoms with Crippen LogP contribution in [0.4, 0.5) is 11.4 Å². The minimum absolute atomic E-state index is 0. The van der Waals surface area contributed by atoms with Gasteiger partial charge in [0.2, 0.25) is 0 Å². The summed E-state index contributed by atoms with van der Waals surface area (Å²) in [5.74, 6) is 0.613. The zero-order valence-electron chi connectivity index (χ0n) is 15.1. The minimum Gasteiger partial charge on any atom is -0.492 e. The number of nitrogen functional groups attached to an aromatic ring is 1. The topological polar surface area (TPSA) is 67.6 Å². The van der Waals surface area contributed by atoms with Gasteiger partial charge in [-0.25, -0.2) is 0 Å². The predicted octanol–water partition coefficient (Wildman–Crippen LogP) is 4.09. The number of benzene rings is 2. The van der Waals surface area contributed by atoms with Crippen molar-refractivity contribution in [2.45, 2.75) is 13.8 Å². The van der Waals surface area contributed by atoms with E-state index in [1.165, 1.54) is 0 Å². The molecule has 26 heavy (non-hydrogen) atoms. The number of nitrogens with two attached hydrogens (primary N) is 1. The largest absolute Gasteiger partial charge is 0.492 e. The molecule has 0 bridgehead atoms. The fourth-order valence-electron chi connectivity index (χ4n) is 2.35. The van der Waals surface area contributed by atoms with Crippen LogP contribution in [0.25, 0.3) is 0 Å². The van der Waals surface area contributed by atoms with Gasteiger partial charge in [-0.2, -0.15) is 0 Å². The predicted molar refractivity (Wildman–Crippen MR) is 113 cm³/mol. The normalized spacial score (nSPS) is 9.81. The SMILES string of the molecule is CCN(CC)CCOc1ccc(NC(=O)c2cccc(N)c2)cc1.Cl.Cl. The van der Waals surface area contributed by atoms with E-state index in [0.717, 1.165) is 31.1 Å². The van der Waals surface area contributed by atoms with Gasteiger partial charge in [-0.1, -0.05) is 19.9 Å². The number of likely N-dealkylation sites (N-methyl/N-ethyl adjacent to an activating group) is 1. The first-order valence-corrected chi connectivity index (χ1v) is 8.24. The summed E-state index contributed by atoms with van der Waals surface area (Å²) in [6.45, 7) is 7.88. The molecule has 0 radical (unpaired) electrons. The van der Waals surface area contributed by atoms with E-state index in [-0.39, 0.29) is 30.7 Å². The van der Waals surface area contributed by atoms with Crippen LogP contribution >= 0.6 is 24.8 Å². The molecule has 1 amide bonds. The lowest BCUT2D eigenvalue weighted by Crippen LogP contribution is -2.27. The molecule has 2 aromatic carbocycles. The van der Waals surface area contributed by atoms with E-state index in [4.69, 9.17) is 10.5 Å². The Balaban J connectivity index is 0.00000312. The number of carbonyl (C=O) groups excluding carboxylic acids is 1. The van der Waals surface area contributed by atoms with E-state index in [1.54, 1.807) is 24.3 Å². The Morgan fingerprint density at radius 2 is 1.73 bits per heavy atom. The highest BCUT2D eigenvalue weighted by Crippen LogP contribution is 2.17. The Morgan fingerprint density at radius 3 is 2.31 bits per heavy atom. The van der Waals surface area contributed by atoms with Crippen molar-refractivity contribution in [3.05, 3.63) is 54.1 Å². The molecule has 0 fully saturated rings. The molecule has 3 N–H and O–H groups in total. The fourth-order valence-corrected chi connectivity index (χ4v) is 2.35. The van der Waals surface area contributed by atoms with Crippen molar-refractivity contribution in [1.29, 1.82) is 0 Å². The molecule has 7 heteroatoms. The van der Waals surface area contributed by atoms with Crippen LogP contribution in [0.5, 0.6) is 5.75 Å². The van der Waals surface area contributed by atoms with Gasteiger partial charge in [0.15, 0.2) is 0 Å². The lowest BCUT2D eigenvalue weighted by atomic mass is 10.2. The molecule has 0 aliphatic rings. The molecule has 0 heterocycles.